The molecule has 0 amide bonds. The molecule has 2 N–H and O–H groups in total. The molecule has 0 aliphatic rings. The molecule has 0 unspecified atom stereocenters. The molecule has 0 heterocycles. The van der Waals surface area contributed by atoms with Crippen molar-refractivity contribution in [3.05, 3.63) is 35.2 Å². The van der Waals surface area contributed by atoms with E-state index in [1.165, 1.54) is 0 Å². The Bertz CT molecular complexity index is 509. The molecule has 1 rings (SSSR count). The van der Waals surface area contributed by atoms with E-state index in [4.69, 9.17) is 5.73 Å². The maximum atomic E-state index is 13.1. The zero-order valence-corrected chi connectivity index (χ0v) is 9.92. The summed E-state index contributed by atoms with van der Waals surface area (Å²) in [6, 6.07) is 1.11. The number of hydrogen-bond acceptors (Lipinski definition) is 3. The van der Waals surface area contributed by atoms with Gasteiger partial charge in [-0.15, -0.1) is 0 Å². The van der Waals surface area contributed by atoms with Crippen molar-refractivity contribution in [2.75, 3.05) is 12.3 Å². The van der Waals surface area contributed by atoms with Gasteiger partial charge in [0.2, 0.25) is 0 Å². The number of rotatable bonds is 3. The van der Waals surface area contributed by atoms with Gasteiger partial charge in [0.25, 0.3) is 0 Å². The van der Waals surface area contributed by atoms with Crippen LogP contribution in [0.2, 0.25) is 0 Å². The first kappa shape index (κ1) is 15.0. The predicted molar refractivity (Wildman–Crippen MR) is 61.5 cm³/mol. The molecule has 0 aromatic heterocycles. The molecule has 3 nitrogen and oxygen atoms in total. The normalized spacial score (nSPS) is 11.8. The number of halogens is 4. The second-order valence-electron chi connectivity index (χ2n) is 3.54. The lowest BCUT2D eigenvalue weighted by Crippen LogP contribution is -2.10. The van der Waals surface area contributed by atoms with Gasteiger partial charge in [0.15, 0.2) is 0 Å². The maximum Gasteiger partial charge on any atom is 0.418 e. The zero-order valence-electron chi connectivity index (χ0n) is 9.92. The molecule has 1 aromatic rings. The van der Waals surface area contributed by atoms with Gasteiger partial charge in [-0.3, -0.25) is 0 Å². The number of ether oxygens (including phenoxy) is 1. The van der Waals surface area contributed by atoms with Crippen LogP contribution in [0.5, 0.6) is 0 Å². The van der Waals surface area contributed by atoms with Crippen LogP contribution >= 0.6 is 0 Å². The van der Waals surface area contributed by atoms with E-state index in [9.17, 15) is 22.4 Å². The third-order valence-corrected chi connectivity index (χ3v) is 2.17. The van der Waals surface area contributed by atoms with Crippen LogP contribution in [0, 0.1) is 5.82 Å². The minimum atomic E-state index is -4.77. The van der Waals surface area contributed by atoms with Crippen LogP contribution < -0.4 is 5.73 Å². The molecule has 0 spiro atoms. The van der Waals surface area contributed by atoms with Crippen molar-refractivity contribution in [2.45, 2.75) is 13.1 Å². The van der Waals surface area contributed by atoms with Gasteiger partial charge in [-0.2, -0.15) is 13.2 Å². The second kappa shape index (κ2) is 5.73. The van der Waals surface area contributed by atoms with E-state index >= 15 is 0 Å². The molecule has 0 radical (unpaired) electrons. The van der Waals surface area contributed by atoms with Crippen molar-refractivity contribution in [3.63, 3.8) is 0 Å². The Morgan fingerprint density at radius 1 is 1.42 bits per heavy atom. The molecule has 104 valence electrons. The molecule has 0 aliphatic heterocycles. The number of esters is 1. The predicted octanol–water partition coefficient (Wildman–Crippen LogP) is 3.00. The van der Waals surface area contributed by atoms with Gasteiger partial charge in [0.1, 0.15) is 5.82 Å². The lowest BCUT2D eigenvalue weighted by Gasteiger charge is -2.12. The van der Waals surface area contributed by atoms with Crippen molar-refractivity contribution < 1.29 is 27.1 Å². The molecular weight excluding hydrogens is 266 g/mol. The van der Waals surface area contributed by atoms with E-state index in [2.05, 4.69) is 4.74 Å². The Hall–Kier alpha value is -2.05. The molecule has 7 heteroatoms. The zero-order chi connectivity index (χ0) is 14.6. The number of alkyl halides is 3. The summed E-state index contributed by atoms with van der Waals surface area (Å²) in [6.45, 7) is 1.69. The van der Waals surface area contributed by atoms with E-state index in [0.29, 0.717) is 6.07 Å². The fraction of sp³-hybridized carbons (Fsp3) is 0.250. The number of carbonyl (C=O) groups excluding carboxylic acids is 1. The smallest absolute Gasteiger partial charge is 0.418 e. The van der Waals surface area contributed by atoms with Crippen LogP contribution in [-0.4, -0.2) is 12.6 Å². The van der Waals surface area contributed by atoms with Crippen LogP contribution in [0.3, 0.4) is 0 Å². The van der Waals surface area contributed by atoms with E-state index < -0.39 is 29.2 Å². The van der Waals surface area contributed by atoms with Crippen LogP contribution in [0.4, 0.5) is 23.2 Å². The van der Waals surface area contributed by atoms with Crippen molar-refractivity contribution in [1.29, 1.82) is 0 Å². The van der Waals surface area contributed by atoms with Gasteiger partial charge in [-0.1, -0.05) is 0 Å². The molecule has 0 atom stereocenters. The highest BCUT2D eigenvalue weighted by Gasteiger charge is 2.34. The molecule has 0 bridgehead atoms. The highest BCUT2D eigenvalue weighted by atomic mass is 19.4. The Kier molecular flexibility index (Phi) is 4.52. The number of anilines is 1. The summed E-state index contributed by atoms with van der Waals surface area (Å²) in [5.74, 6) is -1.84. The molecule has 0 fully saturated rings. The fourth-order valence-corrected chi connectivity index (χ4v) is 1.36. The summed E-state index contributed by atoms with van der Waals surface area (Å²) >= 11 is 0. The van der Waals surface area contributed by atoms with Gasteiger partial charge in [0, 0.05) is 11.6 Å². The molecule has 0 saturated heterocycles. The first-order valence-corrected chi connectivity index (χ1v) is 5.26. The van der Waals surface area contributed by atoms with Crippen LogP contribution in [0.1, 0.15) is 18.1 Å². The standard InChI is InChI=1S/C12H11F4NO2/c1-2-19-10(18)4-3-7-5-8(13)6-9(11(7)17)12(14,15)16/h3-6H,2,17H2,1H3/b4-3+. The Morgan fingerprint density at radius 3 is 2.58 bits per heavy atom. The fourth-order valence-electron chi connectivity index (χ4n) is 1.36. The summed E-state index contributed by atoms with van der Waals surface area (Å²) in [5.41, 5.74) is 3.15. The monoisotopic (exact) mass is 277 g/mol. The van der Waals surface area contributed by atoms with E-state index in [1.54, 1.807) is 6.92 Å². The highest BCUT2D eigenvalue weighted by Crippen LogP contribution is 2.36. The average molecular weight is 277 g/mol. The van der Waals surface area contributed by atoms with E-state index in [0.717, 1.165) is 18.2 Å². The van der Waals surface area contributed by atoms with Gasteiger partial charge in [-0.05, 0) is 25.1 Å². The third-order valence-electron chi connectivity index (χ3n) is 2.17. The van der Waals surface area contributed by atoms with Crippen molar-refractivity contribution in [2.24, 2.45) is 0 Å². The van der Waals surface area contributed by atoms with Crippen LogP contribution in [0.15, 0.2) is 18.2 Å². The molecule has 1 aromatic carbocycles. The average Bonchev–Trinajstić information content (AvgIpc) is 2.28. The third kappa shape index (κ3) is 3.97. The molecule has 0 saturated carbocycles. The number of benzene rings is 1. The van der Waals surface area contributed by atoms with Gasteiger partial charge < -0.3 is 10.5 Å². The van der Waals surface area contributed by atoms with Crippen LogP contribution in [-0.2, 0) is 15.7 Å². The van der Waals surface area contributed by atoms with Crippen molar-refractivity contribution in [3.8, 4) is 0 Å². The first-order chi connectivity index (χ1) is 8.75. The van der Waals surface area contributed by atoms with Gasteiger partial charge in [-0.25, -0.2) is 9.18 Å². The Labute approximate surface area is 106 Å². The minimum absolute atomic E-state index is 0.121. The minimum Gasteiger partial charge on any atom is -0.463 e. The molecule has 19 heavy (non-hydrogen) atoms. The van der Waals surface area contributed by atoms with Crippen LogP contribution in [0.25, 0.3) is 6.08 Å². The second-order valence-corrected chi connectivity index (χ2v) is 3.54. The SMILES string of the molecule is CCOC(=O)/C=C/c1cc(F)cc(C(F)(F)F)c1N. The number of hydrogen-bond donors (Lipinski definition) is 1. The molecule has 0 aliphatic carbocycles. The number of nitrogens with two attached hydrogens (primary N) is 1. The lowest BCUT2D eigenvalue weighted by molar-refractivity contribution is -0.137. The van der Waals surface area contributed by atoms with E-state index in [1.807, 2.05) is 0 Å². The number of carbonyl (C=O) groups is 1. The quantitative estimate of drug-likeness (QED) is 0.400. The summed E-state index contributed by atoms with van der Waals surface area (Å²) in [4.78, 5) is 11.0. The Balaban J connectivity index is 3.16. The highest BCUT2D eigenvalue weighted by molar-refractivity contribution is 5.88. The number of nitrogen functional groups attached to an aromatic ring is 1. The van der Waals surface area contributed by atoms with Gasteiger partial charge >= 0.3 is 12.1 Å². The van der Waals surface area contributed by atoms with E-state index in [-0.39, 0.29) is 12.2 Å². The molecular formula is C12H11F4NO2. The summed E-state index contributed by atoms with van der Waals surface area (Å²) in [6.07, 6.45) is -2.90. The summed E-state index contributed by atoms with van der Waals surface area (Å²) < 4.78 is 55.4. The lowest BCUT2D eigenvalue weighted by atomic mass is 10.1. The topological polar surface area (TPSA) is 52.3 Å². The maximum absolute atomic E-state index is 13.1. The Morgan fingerprint density at radius 2 is 2.05 bits per heavy atom. The largest absolute Gasteiger partial charge is 0.463 e. The van der Waals surface area contributed by atoms with Crippen molar-refractivity contribution >= 4 is 17.7 Å². The first-order valence-electron chi connectivity index (χ1n) is 5.26. The summed E-state index contributed by atoms with van der Waals surface area (Å²) in [7, 11) is 0. The van der Waals surface area contributed by atoms with Gasteiger partial charge in [0.05, 0.1) is 17.9 Å². The summed E-state index contributed by atoms with van der Waals surface area (Å²) in [5, 5.41) is 0. The van der Waals surface area contributed by atoms with Crippen molar-refractivity contribution in [1.82, 2.24) is 0 Å².